The Morgan fingerprint density at radius 3 is 3.38 bits per heavy atom. The molecule has 1 heterocycles. The average Bonchev–Trinajstić information content (AvgIpc) is 1.94. The van der Waals surface area contributed by atoms with Crippen LogP contribution < -0.4 is 0 Å². The van der Waals surface area contributed by atoms with E-state index >= 15 is 0 Å². The molecule has 2 nitrogen and oxygen atoms in total. The van der Waals surface area contributed by atoms with E-state index in [2.05, 4.69) is 9.98 Å². The van der Waals surface area contributed by atoms with Crippen LogP contribution in [0.5, 0.6) is 0 Å². The Morgan fingerprint density at radius 2 is 2.50 bits per heavy atom. The zero-order valence-corrected chi connectivity index (χ0v) is 4.83. The van der Waals surface area contributed by atoms with Crippen LogP contribution in [-0.2, 0) is 0 Å². The van der Waals surface area contributed by atoms with E-state index in [1.165, 1.54) is 0 Å². The normalized spacial score (nSPS) is 17.9. The third-order valence-electron chi connectivity index (χ3n) is 0.913. The molecular formula is C6H8N2. The Hall–Kier alpha value is -0.920. The van der Waals surface area contributed by atoms with Crippen molar-refractivity contribution in [1.29, 1.82) is 0 Å². The highest BCUT2D eigenvalue weighted by Crippen LogP contribution is 1.85. The van der Waals surface area contributed by atoms with Crippen LogP contribution in [0.4, 0.5) is 0 Å². The summed E-state index contributed by atoms with van der Waals surface area (Å²) in [5.74, 6) is 0. The van der Waals surface area contributed by atoms with E-state index in [1.54, 1.807) is 6.34 Å². The van der Waals surface area contributed by atoms with Crippen LogP contribution in [0.15, 0.2) is 22.1 Å². The Bertz CT molecular complexity index is 154. The first kappa shape index (κ1) is 5.22. The highest BCUT2D eigenvalue weighted by molar-refractivity contribution is 5.97. The second-order valence-electron chi connectivity index (χ2n) is 1.65. The fourth-order valence-corrected chi connectivity index (χ4v) is 0.506. The van der Waals surface area contributed by atoms with Gasteiger partial charge in [0.2, 0.25) is 0 Å². The van der Waals surface area contributed by atoms with E-state index in [0.717, 1.165) is 12.3 Å². The van der Waals surface area contributed by atoms with Crippen LogP contribution in [0.3, 0.4) is 0 Å². The molecular weight excluding hydrogens is 100 g/mol. The highest BCUT2D eigenvalue weighted by Gasteiger charge is 1.82. The van der Waals surface area contributed by atoms with Gasteiger partial charge in [-0.3, -0.25) is 4.99 Å². The lowest BCUT2D eigenvalue weighted by molar-refractivity contribution is 1.26. The molecule has 0 unspecified atom stereocenters. The van der Waals surface area contributed by atoms with Gasteiger partial charge in [0.05, 0.1) is 6.54 Å². The molecule has 0 atom stereocenters. The molecule has 0 bridgehead atoms. The minimum Gasteiger partial charge on any atom is -0.269 e. The SMILES string of the molecule is CC1=NC=NCC=C1. The number of nitrogens with zero attached hydrogens (tertiary/aromatic N) is 2. The number of rotatable bonds is 0. The molecule has 0 spiro atoms. The molecule has 1 aliphatic heterocycles. The summed E-state index contributed by atoms with van der Waals surface area (Å²) in [4.78, 5) is 7.88. The van der Waals surface area contributed by atoms with Gasteiger partial charge >= 0.3 is 0 Å². The van der Waals surface area contributed by atoms with Gasteiger partial charge < -0.3 is 0 Å². The van der Waals surface area contributed by atoms with E-state index in [0.29, 0.717) is 0 Å². The van der Waals surface area contributed by atoms with Crippen LogP contribution in [0.1, 0.15) is 6.92 Å². The van der Waals surface area contributed by atoms with Crippen LogP contribution in [0.25, 0.3) is 0 Å². The smallest absolute Gasteiger partial charge is 0.110 e. The van der Waals surface area contributed by atoms with Crippen molar-refractivity contribution in [2.24, 2.45) is 9.98 Å². The van der Waals surface area contributed by atoms with Crippen molar-refractivity contribution >= 4 is 12.1 Å². The Morgan fingerprint density at radius 1 is 1.62 bits per heavy atom. The monoisotopic (exact) mass is 108 g/mol. The van der Waals surface area contributed by atoms with Crippen LogP contribution >= 0.6 is 0 Å². The van der Waals surface area contributed by atoms with Crippen molar-refractivity contribution in [3.05, 3.63) is 12.2 Å². The molecule has 42 valence electrons. The molecule has 0 saturated carbocycles. The molecule has 0 amide bonds. The van der Waals surface area contributed by atoms with Gasteiger partial charge in [0, 0.05) is 5.71 Å². The van der Waals surface area contributed by atoms with Crippen molar-refractivity contribution < 1.29 is 0 Å². The molecule has 0 radical (unpaired) electrons. The minimum atomic E-state index is 0.765. The first-order valence-electron chi connectivity index (χ1n) is 2.59. The van der Waals surface area contributed by atoms with Crippen molar-refractivity contribution in [2.45, 2.75) is 6.92 Å². The minimum absolute atomic E-state index is 0.765. The van der Waals surface area contributed by atoms with Gasteiger partial charge in [-0.05, 0) is 13.0 Å². The summed E-state index contributed by atoms with van der Waals surface area (Å²) in [7, 11) is 0. The molecule has 0 N–H and O–H groups in total. The van der Waals surface area contributed by atoms with E-state index in [1.807, 2.05) is 19.1 Å². The summed E-state index contributed by atoms with van der Waals surface area (Å²) >= 11 is 0. The lowest BCUT2D eigenvalue weighted by Crippen LogP contribution is -1.80. The second-order valence-corrected chi connectivity index (χ2v) is 1.65. The maximum atomic E-state index is 3.96. The van der Waals surface area contributed by atoms with Gasteiger partial charge in [0.15, 0.2) is 0 Å². The zero-order valence-electron chi connectivity index (χ0n) is 4.83. The largest absolute Gasteiger partial charge is 0.269 e. The topological polar surface area (TPSA) is 24.7 Å². The molecule has 0 fully saturated rings. The van der Waals surface area contributed by atoms with Crippen molar-refractivity contribution in [3.63, 3.8) is 0 Å². The maximum absolute atomic E-state index is 3.96. The summed E-state index contributed by atoms with van der Waals surface area (Å²) in [6, 6.07) is 0. The molecule has 0 aromatic carbocycles. The lowest BCUT2D eigenvalue weighted by Gasteiger charge is -1.78. The van der Waals surface area contributed by atoms with Crippen LogP contribution in [0.2, 0.25) is 0 Å². The second kappa shape index (κ2) is 2.40. The first-order valence-corrected chi connectivity index (χ1v) is 2.59. The van der Waals surface area contributed by atoms with Crippen molar-refractivity contribution in [1.82, 2.24) is 0 Å². The quantitative estimate of drug-likeness (QED) is 0.443. The van der Waals surface area contributed by atoms with Gasteiger partial charge in [0.1, 0.15) is 6.34 Å². The predicted octanol–water partition coefficient (Wildman–Crippen LogP) is 1.05. The highest BCUT2D eigenvalue weighted by atomic mass is 14.9. The fraction of sp³-hybridized carbons (Fsp3) is 0.333. The van der Waals surface area contributed by atoms with E-state index in [9.17, 15) is 0 Å². The summed E-state index contributed by atoms with van der Waals surface area (Å²) in [5, 5.41) is 0. The number of hydrogen-bond donors (Lipinski definition) is 0. The Kier molecular flexibility index (Phi) is 1.57. The molecule has 0 aromatic rings. The van der Waals surface area contributed by atoms with Gasteiger partial charge in [-0.1, -0.05) is 6.08 Å². The van der Waals surface area contributed by atoms with E-state index < -0.39 is 0 Å². The number of allylic oxidation sites excluding steroid dienone is 1. The summed E-state index contributed by atoms with van der Waals surface area (Å²) in [6.07, 6.45) is 5.55. The van der Waals surface area contributed by atoms with Gasteiger partial charge in [-0.15, -0.1) is 0 Å². The summed E-state index contributed by atoms with van der Waals surface area (Å²) < 4.78 is 0. The Labute approximate surface area is 48.7 Å². The molecule has 0 aliphatic carbocycles. The van der Waals surface area contributed by atoms with Crippen molar-refractivity contribution in [2.75, 3.05) is 6.54 Å². The van der Waals surface area contributed by atoms with Crippen molar-refractivity contribution in [3.8, 4) is 0 Å². The predicted molar refractivity (Wildman–Crippen MR) is 35.6 cm³/mol. The fourth-order valence-electron chi connectivity index (χ4n) is 0.506. The lowest BCUT2D eigenvalue weighted by atomic mass is 10.4. The van der Waals surface area contributed by atoms with E-state index in [4.69, 9.17) is 0 Å². The molecule has 0 aromatic heterocycles. The third kappa shape index (κ3) is 1.30. The third-order valence-corrected chi connectivity index (χ3v) is 0.913. The number of aliphatic imine (C=N–C) groups is 2. The zero-order chi connectivity index (χ0) is 5.82. The van der Waals surface area contributed by atoms with Gasteiger partial charge in [-0.2, -0.15) is 0 Å². The molecule has 8 heavy (non-hydrogen) atoms. The average molecular weight is 108 g/mol. The summed E-state index contributed by atoms with van der Waals surface area (Å²) in [6.45, 7) is 2.72. The van der Waals surface area contributed by atoms with Gasteiger partial charge in [0.25, 0.3) is 0 Å². The molecule has 0 saturated heterocycles. The molecule has 1 aliphatic rings. The van der Waals surface area contributed by atoms with Crippen LogP contribution in [0, 0.1) is 0 Å². The molecule has 1 rings (SSSR count). The maximum Gasteiger partial charge on any atom is 0.110 e. The summed E-state index contributed by atoms with van der Waals surface area (Å²) in [5.41, 5.74) is 1.02. The standard InChI is InChI=1S/C6H8N2/c1-6-3-2-4-7-5-8-6/h2-3,5H,4H2,1H3. The Balaban J connectivity index is 2.73. The number of hydrogen-bond acceptors (Lipinski definition) is 2. The van der Waals surface area contributed by atoms with Crippen LogP contribution in [-0.4, -0.2) is 18.6 Å². The molecule has 2 heteroatoms. The first-order chi connectivity index (χ1) is 3.89. The van der Waals surface area contributed by atoms with E-state index in [-0.39, 0.29) is 0 Å². The van der Waals surface area contributed by atoms with Gasteiger partial charge in [-0.25, -0.2) is 4.99 Å².